The molecule has 0 radical (unpaired) electrons. The summed E-state index contributed by atoms with van der Waals surface area (Å²) in [5.41, 5.74) is 0. The van der Waals surface area contributed by atoms with Gasteiger partial charge in [0.2, 0.25) is 0 Å². The highest BCUT2D eigenvalue weighted by Crippen LogP contribution is 2.55. The Labute approximate surface area is 113 Å². The van der Waals surface area contributed by atoms with Crippen molar-refractivity contribution in [2.45, 2.75) is 71.3 Å². The van der Waals surface area contributed by atoms with E-state index in [4.69, 9.17) is 0 Å². The lowest BCUT2D eigenvalue weighted by Crippen LogP contribution is -2.57. The minimum atomic E-state index is 0.765. The van der Waals surface area contributed by atoms with Crippen LogP contribution in [0.2, 0.25) is 0 Å². The van der Waals surface area contributed by atoms with E-state index >= 15 is 0 Å². The van der Waals surface area contributed by atoms with Gasteiger partial charge in [-0.3, -0.25) is 0 Å². The first kappa shape index (κ1) is 13.0. The van der Waals surface area contributed by atoms with Gasteiger partial charge in [0.25, 0.3) is 0 Å². The first-order valence-electron chi connectivity index (χ1n) is 8.51. The van der Waals surface area contributed by atoms with E-state index in [1.54, 1.807) is 12.8 Å². The van der Waals surface area contributed by atoms with Gasteiger partial charge in [0.15, 0.2) is 0 Å². The average molecular weight is 249 g/mol. The van der Waals surface area contributed by atoms with Crippen molar-refractivity contribution in [2.75, 3.05) is 13.1 Å². The van der Waals surface area contributed by atoms with Crippen LogP contribution in [0.5, 0.6) is 0 Å². The number of rotatable bonds is 1. The van der Waals surface area contributed by atoms with Crippen LogP contribution in [0.3, 0.4) is 0 Å². The van der Waals surface area contributed by atoms with Crippen LogP contribution in [-0.2, 0) is 0 Å². The topological polar surface area (TPSA) is 3.24 Å². The number of nitrogens with zero attached hydrogens (tertiary/aromatic N) is 1. The van der Waals surface area contributed by atoms with Gasteiger partial charge in [0.05, 0.1) is 0 Å². The third-order valence-corrected chi connectivity index (χ3v) is 6.20. The second kappa shape index (κ2) is 5.53. The molecule has 3 rings (SSSR count). The van der Waals surface area contributed by atoms with E-state index in [1.807, 2.05) is 0 Å². The van der Waals surface area contributed by atoms with Gasteiger partial charge in [-0.1, -0.05) is 32.1 Å². The van der Waals surface area contributed by atoms with Gasteiger partial charge in [0, 0.05) is 12.6 Å². The van der Waals surface area contributed by atoms with Crippen LogP contribution in [0.1, 0.15) is 65.2 Å². The normalized spacial score (nSPS) is 42.2. The Hall–Kier alpha value is -0.0400. The highest BCUT2D eigenvalue weighted by Gasteiger charge is 2.51. The van der Waals surface area contributed by atoms with E-state index in [0.717, 1.165) is 29.7 Å². The van der Waals surface area contributed by atoms with Crippen molar-refractivity contribution in [3.63, 3.8) is 0 Å². The minimum Gasteiger partial charge on any atom is -0.301 e. The molecule has 0 aromatic carbocycles. The molecule has 0 bridgehead atoms. The number of hydrogen-bond donors (Lipinski definition) is 0. The van der Waals surface area contributed by atoms with E-state index in [2.05, 4.69) is 18.7 Å². The molecule has 0 spiro atoms. The third kappa shape index (κ3) is 2.35. The van der Waals surface area contributed by atoms with Crippen molar-refractivity contribution >= 4 is 0 Å². The van der Waals surface area contributed by atoms with E-state index < -0.39 is 0 Å². The summed E-state index contributed by atoms with van der Waals surface area (Å²) in [4.78, 5) is 2.74. The molecule has 0 amide bonds. The van der Waals surface area contributed by atoms with Crippen LogP contribution in [0.4, 0.5) is 0 Å². The smallest absolute Gasteiger partial charge is 0.00387 e. The van der Waals surface area contributed by atoms with E-state index in [1.165, 1.54) is 51.6 Å². The Bertz CT molecular complexity index is 273. The Morgan fingerprint density at radius 1 is 0.722 bits per heavy atom. The number of fused-ring (bicyclic) bond motifs is 4. The Balaban J connectivity index is 1.63. The highest BCUT2D eigenvalue weighted by atomic mass is 15.2. The molecule has 1 nitrogen and oxygen atoms in total. The van der Waals surface area contributed by atoms with Crippen molar-refractivity contribution in [1.82, 2.24) is 4.90 Å². The first-order valence-corrected chi connectivity index (χ1v) is 8.51. The number of hydrogen-bond acceptors (Lipinski definition) is 1. The van der Waals surface area contributed by atoms with Gasteiger partial charge in [-0.15, -0.1) is 0 Å². The molecule has 18 heavy (non-hydrogen) atoms. The van der Waals surface area contributed by atoms with Gasteiger partial charge in [-0.2, -0.15) is 0 Å². The van der Waals surface area contributed by atoms with E-state index in [-0.39, 0.29) is 0 Å². The molecular formula is C17H31N. The molecular weight excluding hydrogens is 218 g/mol. The van der Waals surface area contributed by atoms with Crippen molar-refractivity contribution in [3.05, 3.63) is 0 Å². The van der Waals surface area contributed by atoms with Crippen molar-refractivity contribution < 1.29 is 0 Å². The quantitative estimate of drug-likeness (QED) is 0.669. The lowest BCUT2D eigenvalue weighted by molar-refractivity contribution is -0.0929. The van der Waals surface area contributed by atoms with E-state index in [9.17, 15) is 0 Å². The fourth-order valence-electron chi connectivity index (χ4n) is 5.12. The molecule has 2 saturated carbocycles. The SMILES string of the molecule is CC(C)N1CCC2C(C1)C1CCCCCCC[C@H]12. The summed E-state index contributed by atoms with van der Waals surface area (Å²) in [6, 6.07) is 0.765. The summed E-state index contributed by atoms with van der Waals surface area (Å²) < 4.78 is 0. The molecule has 2 aliphatic carbocycles. The van der Waals surface area contributed by atoms with Crippen molar-refractivity contribution in [1.29, 1.82) is 0 Å². The Kier molecular flexibility index (Phi) is 3.98. The van der Waals surface area contributed by atoms with Gasteiger partial charge in [-0.05, 0) is 63.3 Å². The minimum absolute atomic E-state index is 0.765. The Morgan fingerprint density at radius 2 is 1.28 bits per heavy atom. The molecule has 0 aromatic heterocycles. The zero-order chi connectivity index (χ0) is 12.5. The van der Waals surface area contributed by atoms with Crippen molar-refractivity contribution in [2.24, 2.45) is 23.7 Å². The standard InChI is InChI=1S/C17H31N/c1-13(2)18-11-10-16-14-8-6-4-3-5-7-9-15(14)17(16)12-18/h13-17H,3-12H2,1-2H3/t14-,15?,16?,17?/m1/s1. The van der Waals surface area contributed by atoms with Crippen LogP contribution < -0.4 is 0 Å². The molecule has 104 valence electrons. The van der Waals surface area contributed by atoms with Crippen molar-refractivity contribution in [3.8, 4) is 0 Å². The molecule has 1 heteroatoms. The Morgan fingerprint density at radius 3 is 1.94 bits per heavy atom. The maximum Gasteiger partial charge on any atom is 0.00387 e. The monoisotopic (exact) mass is 249 g/mol. The zero-order valence-corrected chi connectivity index (χ0v) is 12.4. The lowest BCUT2D eigenvalue weighted by atomic mass is 9.52. The molecule has 4 atom stereocenters. The molecule has 1 heterocycles. The van der Waals surface area contributed by atoms with Crippen LogP contribution in [0.25, 0.3) is 0 Å². The van der Waals surface area contributed by atoms with Gasteiger partial charge in [0.1, 0.15) is 0 Å². The molecule has 3 unspecified atom stereocenters. The van der Waals surface area contributed by atoms with Gasteiger partial charge >= 0.3 is 0 Å². The molecule has 1 saturated heterocycles. The van der Waals surface area contributed by atoms with Crippen LogP contribution in [0, 0.1) is 23.7 Å². The summed E-state index contributed by atoms with van der Waals surface area (Å²) >= 11 is 0. The summed E-state index contributed by atoms with van der Waals surface area (Å²) in [5, 5.41) is 0. The summed E-state index contributed by atoms with van der Waals surface area (Å²) in [5.74, 6) is 4.42. The van der Waals surface area contributed by atoms with Crippen LogP contribution in [-0.4, -0.2) is 24.0 Å². The molecule has 3 fully saturated rings. The second-order valence-electron chi connectivity index (χ2n) is 7.38. The first-order chi connectivity index (χ1) is 8.77. The largest absolute Gasteiger partial charge is 0.301 e. The molecule has 0 aromatic rings. The maximum atomic E-state index is 2.74. The predicted molar refractivity (Wildman–Crippen MR) is 77.6 cm³/mol. The molecule has 3 aliphatic rings. The summed E-state index contributed by atoms with van der Waals surface area (Å²) in [6.45, 7) is 7.55. The van der Waals surface area contributed by atoms with Gasteiger partial charge < -0.3 is 4.90 Å². The third-order valence-electron chi connectivity index (χ3n) is 6.20. The fourth-order valence-corrected chi connectivity index (χ4v) is 5.12. The predicted octanol–water partition coefficient (Wildman–Crippen LogP) is 4.32. The van der Waals surface area contributed by atoms with Crippen LogP contribution in [0.15, 0.2) is 0 Å². The zero-order valence-electron chi connectivity index (χ0n) is 12.4. The second-order valence-corrected chi connectivity index (χ2v) is 7.38. The number of piperidine rings is 1. The van der Waals surface area contributed by atoms with E-state index in [0.29, 0.717) is 0 Å². The molecule has 1 aliphatic heterocycles. The van der Waals surface area contributed by atoms with Gasteiger partial charge in [-0.25, -0.2) is 0 Å². The average Bonchev–Trinajstić information content (AvgIpc) is 2.45. The maximum absolute atomic E-state index is 2.74. The number of likely N-dealkylation sites (tertiary alicyclic amines) is 1. The summed E-state index contributed by atoms with van der Waals surface area (Å²) in [7, 11) is 0. The fraction of sp³-hybridized carbons (Fsp3) is 1.00. The highest BCUT2D eigenvalue weighted by molar-refractivity contribution is 5.01. The lowest BCUT2D eigenvalue weighted by Gasteiger charge is -2.58. The van der Waals surface area contributed by atoms with Crippen LogP contribution >= 0.6 is 0 Å². The molecule has 0 N–H and O–H groups in total. The summed E-state index contributed by atoms with van der Waals surface area (Å²) in [6.07, 6.45) is 12.2.